The molecule has 0 spiro atoms. The van der Waals surface area contributed by atoms with E-state index in [4.69, 9.17) is 9.47 Å². The van der Waals surface area contributed by atoms with Crippen molar-refractivity contribution in [3.8, 4) is 22.4 Å². The Morgan fingerprint density at radius 1 is 1.19 bits per heavy atom. The summed E-state index contributed by atoms with van der Waals surface area (Å²) < 4.78 is 25.1. The summed E-state index contributed by atoms with van der Waals surface area (Å²) in [5.41, 5.74) is 4.42. The summed E-state index contributed by atoms with van der Waals surface area (Å²) >= 11 is 0. The molecule has 36 heavy (non-hydrogen) atoms. The summed E-state index contributed by atoms with van der Waals surface area (Å²) in [6.07, 6.45) is 2.71. The molecular weight excluding hydrogens is 463 g/mol. The zero-order valence-electron chi connectivity index (χ0n) is 19.3. The van der Waals surface area contributed by atoms with Gasteiger partial charge in [-0.3, -0.25) is 20.2 Å². The van der Waals surface area contributed by atoms with Gasteiger partial charge in [0.1, 0.15) is 17.0 Å². The number of ether oxygens (including phenoxy) is 2. The second kappa shape index (κ2) is 11.2. The van der Waals surface area contributed by atoms with Gasteiger partial charge in [0.2, 0.25) is 5.95 Å². The fraction of sp³-hybridized carbons (Fsp3) is 0.308. The van der Waals surface area contributed by atoms with E-state index in [0.29, 0.717) is 16.6 Å². The third kappa shape index (κ3) is 5.50. The molecule has 3 aromatic heterocycles. The van der Waals surface area contributed by atoms with Crippen LogP contribution >= 0.6 is 0 Å². The molecule has 1 fully saturated rings. The Labute approximate surface area is 208 Å². The van der Waals surface area contributed by atoms with Crippen LogP contribution in [-0.4, -0.2) is 63.8 Å². The standard InChI is InChI=1S/C25H25FN6O3.CH4/c1-2-35-25(33)31-24-29-21-13-17(12-19(23(21)30-24)22-20(26)4-3-7-27-22)16-5-6-18(28-14-16)15-32-8-10-34-11-9-32;/h3-7,12-14H,2,8-11,15H2,1H3,(H2,29,30,31,33);1H4. The number of benzene rings is 1. The van der Waals surface area contributed by atoms with Crippen molar-refractivity contribution in [2.24, 2.45) is 0 Å². The second-order valence-electron chi connectivity index (χ2n) is 8.11. The summed E-state index contributed by atoms with van der Waals surface area (Å²) in [6, 6.07) is 10.6. The number of morpholine rings is 1. The van der Waals surface area contributed by atoms with Crippen LogP contribution in [0.2, 0.25) is 0 Å². The third-order valence-corrected chi connectivity index (χ3v) is 5.74. The van der Waals surface area contributed by atoms with E-state index in [0.717, 1.165) is 49.7 Å². The molecule has 1 aliphatic rings. The first-order valence-corrected chi connectivity index (χ1v) is 11.4. The van der Waals surface area contributed by atoms with Crippen molar-refractivity contribution in [3.63, 3.8) is 0 Å². The van der Waals surface area contributed by atoms with E-state index in [1.165, 1.54) is 18.3 Å². The summed E-state index contributed by atoms with van der Waals surface area (Å²) in [5.74, 6) is -0.264. The summed E-state index contributed by atoms with van der Waals surface area (Å²) in [5, 5.41) is 2.56. The van der Waals surface area contributed by atoms with Gasteiger partial charge in [-0.05, 0) is 42.8 Å². The number of rotatable bonds is 6. The minimum Gasteiger partial charge on any atom is -0.450 e. The Bertz CT molecular complexity index is 1340. The van der Waals surface area contributed by atoms with Crippen molar-refractivity contribution < 1.29 is 18.7 Å². The molecule has 0 saturated carbocycles. The lowest BCUT2D eigenvalue weighted by atomic mass is 10.0. The number of carbonyl (C=O) groups excluding carboxylic acids is 1. The topological polar surface area (TPSA) is 105 Å². The maximum Gasteiger partial charge on any atom is 0.413 e. The number of anilines is 1. The highest BCUT2D eigenvalue weighted by molar-refractivity contribution is 5.97. The number of nitrogens with one attached hydrogen (secondary N) is 2. The summed E-state index contributed by atoms with van der Waals surface area (Å²) in [4.78, 5) is 30.6. The Morgan fingerprint density at radius 3 is 2.75 bits per heavy atom. The van der Waals surface area contributed by atoms with E-state index >= 15 is 0 Å². The van der Waals surface area contributed by atoms with Gasteiger partial charge >= 0.3 is 6.09 Å². The lowest BCUT2D eigenvalue weighted by Gasteiger charge is -2.26. The van der Waals surface area contributed by atoms with Gasteiger partial charge in [-0.25, -0.2) is 14.2 Å². The number of hydrogen-bond donors (Lipinski definition) is 2. The Morgan fingerprint density at radius 2 is 2.03 bits per heavy atom. The van der Waals surface area contributed by atoms with Crippen molar-refractivity contribution in [2.75, 3.05) is 38.2 Å². The molecule has 5 rings (SSSR count). The molecule has 4 aromatic rings. The quantitative estimate of drug-likeness (QED) is 0.396. The summed E-state index contributed by atoms with van der Waals surface area (Å²) in [7, 11) is 0. The van der Waals surface area contributed by atoms with Gasteiger partial charge in [-0.1, -0.05) is 13.5 Å². The predicted molar refractivity (Wildman–Crippen MR) is 136 cm³/mol. The number of nitrogens with zero attached hydrogens (tertiary/aromatic N) is 4. The molecule has 0 atom stereocenters. The SMILES string of the molecule is C.CCOC(=O)Nc1nc2c(-c3ncccc3F)cc(-c3ccc(CN4CCOCC4)nc3)cc2[nH]1. The van der Waals surface area contributed by atoms with E-state index < -0.39 is 11.9 Å². The van der Waals surface area contributed by atoms with Gasteiger partial charge in [-0.15, -0.1) is 0 Å². The van der Waals surface area contributed by atoms with Gasteiger partial charge < -0.3 is 14.5 Å². The molecule has 1 aliphatic heterocycles. The minimum absolute atomic E-state index is 0. The number of halogens is 1. The molecule has 0 unspecified atom stereocenters. The van der Waals surface area contributed by atoms with Crippen LogP contribution in [0.5, 0.6) is 0 Å². The maximum absolute atomic E-state index is 14.7. The number of imidazole rings is 1. The molecule has 10 heteroatoms. The molecule has 188 valence electrons. The first-order chi connectivity index (χ1) is 17.1. The van der Waals surface area contributed by atoms with Crippen molar-refractivity contribution >= 4 is 23.1 Å². The van der Waals surface area contributed by atoms with E-state index in [-0.39, 0.29) is 25.7 Å². The van der Waals surface area contributed by atoms with Crippen LogP contribution in [0.1, 0.15) is 20.0 Å². The average molecular weight is 493 g/mol. The van der Waals surface area contributed by atoms with Gasteiger partial charge in [0, 0.05) is 43.2 Å². The minimum atomic E-state index is -0.627. The highest BCUT2D eigenvalue weighted by Crippen LogP contribution is 2.34. The van der Waals surface area contributed by atoms with Crippen molar-refractivity contribution in [1.29, 1.82) is 0 Å². The third-order valence-electron chi connectivity index (χ3n) is 5.74. The molecule has 1 amide bonds. The van der Waals surface area contributed by atoms with Crippen LogP contribution in [0.4, 0.5) is 15.1 Å². The second-order valence-corrected chi connectivity index (χ2v) is 8.11. The fourth-order valence-corrected chi connectivity index (χ4v) is 4.05. The Balaban J connectivity index is 0.00000304. The van der Waals surface area contributed by atoms with Gasteiger partial charge in [-0.2, -0.15) is 0 Å². The largest absolute Gasteiger partial charge is 0.450 e. The fourth-order valence-electron chi connectivity index (χ4n) is 4.05. The molecule has 0 radical (unpaired) electrons. The number of carbonyl (C=O) groups is 1. The maximum atomic E-state index is 14.7. The van der Waals surface area contributed by atoms with E-state index in [9.17, 15) is 9.18 Å². The zero-order valence-corrected chi connectivity index (χ0v) is 19.3. The van der Waals surface area contributed by atoms with Gasteiger partial charge in [0.05, 0.1) is 31.0 Å². The van der Waals surface area contributed by atoms with Crippen LogP contribution in [0.15, 0.2) is 48.8 Å². The van der Waals surface area contributed by atoms with Crippen molar-refractivity contribution in [1.82, 2.24) is 24.8 Å². The van der Waals surface area contributed by atoms with E-state index in [1.54, 1.807) is 6.92 Å². The van der Waals surface area contributed by atoms with Crippen LogP contribution in [-0.2, 0) is 16.0 Å². The number of amides is 1. The Hall–Kier alpha value is -3.89. The molecule has 1 aromatic carbocycles. The monoisotopic (exact) mass is 492 g/mol. The number of fused-ring (bicyclic) bond motifs is 1. The highest BCUT2D eigenvalue weighted by Gasteiger charge is 2.18. The lowest BCUT2D eigenvalue weighted by Crippen LogP contribution is -2.35. The normalized spacial score (nSPS) is 13.8. The van der Waals surface area contributed by atoms with E-state index in [2.05, 4.69) is 30.2 Å². The van der Waals surface area contributed by atoms with Crippen LogP contribution < -0.4 is 5.32 Å². The van der Waals surface area contributed by atoms with Crippen molar-refractivity contribution in [2.45, 2.75) is 20.9 Å². The van der Waals surface area contributed by atoms with Crippen LogP contribution in [0.3, 0.4) is 0 Å². The molecule has 2 N–H and O–H groups in total. The summed E-state index contributed by atoms with van der Waals surface area (Å²) in [6.45, 7) is 5.96. The molecule has 4 heterocycles. The van der Waals surface area contributed by atoms with Crippen LogP contribution in [0.25, 0.3) is 33.4 Å². The molecule has 0 bridgehead atoms. The number of aromatic amines is 1. The molecule has 1 saturated heterocycles. The molecule has 9 nitrogen and oxygen atoms in total. The molecular formula is C26H29FN6O3. The van der Waals surface area contributed by atoms with Gasteiger partial charge in [0.15, 0.2) is 0 Å². The average Bonchev–Trinajstić information content (AvgIpc) is 3.27. The molecule has 0 aliphatic carbocycles. The highest BCUT2D eigenvalue weighted by atomic mass is 19.1. The lowest BCUT2D eigenvalue weighted by molar-refractivity contribution is 0.0336. The first-order valence-electron chi connectivity index (χ1n) is 11.4. The first kappa shape index (κ1) is 25.2. The van der Waals surface area contributed by atoms with Gasteiger partial charge in [0.25, 0.3) is 0 Å². The number of aromatic nitrogens is 4. The zero-order chi connectivity index (χ0) is 24.2. The van der Waals surface area contributed by atoms with Crippen LogP contribution in [0, 0.1) is 5.82 Å². The smallest absolute Gasteiger partial charge is 0.413 e. The predicted octanol–water partition coefficient (Wildman–Crippen LogP) is 4.86. The number of H-pyrrole nitrogens is 1. The Kier molecular flexibility index (Phi) is 7.87. The van der Waals surface area contributed by atoms with E-state index in [1.807, 2.05) is 30.5 Å². The number of hydrogen-bond acceptors (Lipinski definition) is 7. The van der Waals surface area contributed by atoms with Crippen molar-refractivity contribution in [3.05, 3.63) is 60.3 Å². The number of pyridine rings is 2.